The second-order valence-electron chi connectivity index (χ2n) is 4.19. The number of fused-ring (bicyclic) bond motifs is 1. The number of aryl methyl sites for hydroxylation is 1. The molecule has 2 rings (SSSR count). The molecule has 0 spiro atoms. The molecule has 0 radical (unpaired) electrons. The summed E-state index contributed by atoms with van der Waals surface area (Å²) in [6.07, 6.45) is 2.17. The number of hydrogen-bond acceptors (Lipinski definition) is 0. The third kappa shape index (κ3) is 3.33. The fourth-order valence-electron chi connectivity index (χ4n) is 2.01. The van der Waals surface area contributed by atoms with Crippen molar-refractivity contribution >= 4 is 0 Å². The fraction of sp³-hybridized carbons (Fsp3) is 0.600. The van der Waals surface area contributed by atoms with Crippen LogP contribution in [0.5, 0.6) is 0 Å². The lowest BCUT2D eigenvalue weighted by Crippen LogP contribution is -2.11. The summed E-state index contributed by atoms with van der Waals surface area (Å²) in [6.45, 7) is 12.4. The highest BCUT2D eigenvalue weighted by molar-refractivity contribution is 5.38. The SMILES string of the molecule is CC.CC.CC1(C)CCc2cc(F)ccc21. The van der Waals surface area contributed by atoms with Gasteiger partial charge in [0.2, 0.25) is 0 Å². The van der Waals surface area contributed by atoms with Gasteiger partial charge in [-0.15, -0.1) is 0 Å². The van der Waals surface area contributed by atoms with Crippen molar-refractivity contribution in [2.45, 2.75) is 59.8 Å². The van der Waals surface area contributed by atoms with E-state index in [2.05, 4.69) is 13.8 Å². The number of benzene rings is 1. The zero-order valence-corrected chi connectivity index (χ0v) is 11.5. The van der Waals surface area contributed by atoms with Crippen molar-refractivity contribution in [2.24, 2.45) is 0 Å². The van der Waals surface area contributed by atoms with E-state index in [1.807, 2.05) is 33.8 Å². The highest BCUT2D eigenvalue weighted by Gasteiger charge is 2.29. The smallest absolute Gasteiger partial charge is 0.123 e. The van der Waals surface area contributed by atoms with Gasteiger partial charge in [0.1, 0.15) is 5.82 Å². The molecule has 0 unspecified atom stereocenters. The van der Waals surface area contributed by atoms with Crippen LogP contribution in [0.15, 0.2) is 18.2 Å². The normalized spacial score (nSPS) is 15.2. The van der Waals surface area contributed by atoms with Crippen molar-refractivity contribution in [1.29, 1.82) is 0 Å². The summed E-state index contributed by atoms with van der Waals surface area (Å²) in [5.41, 5.74) is 2.77. The van der Waals surface area contributed by atoms with E-state index in [1.54, 1.807) is 12.1 Å². The molecule has 0 nitrogen and oxygen atoms in total. The Morgan fingerprint density at radius 2 is 1.62 bits per heavy atom. The van der Waals surface area contributed by atoms with E-state index >= 15 is 0 Å². The Balaban J connectivity index is 0.000000509. The summed E-state index contributed by atoms with van der Waals surface area (Å²) in [5.74, 6) is -0.105. The average Bonchev–Trinajstić information content (AvgIpc) is 2.60. The molecule has 0 N–H and O–H groups in total. The van der Waals surface area contributed by atoms with Gasteiger partial charge in [0.25, 0.3) is 0 Å². The molecule has 0 heterocycles. The summed E-state index contributed by atoms with van der Waals surface area (Å²) in [7, 11) is 0. The molecule has 1 aromatic rings. The Kier molecular flexibility index (Phi) is 6.32. The average molecular weight is 224 g/mol. The summed E-state index contributed by atoms with van der Waals surface area (Å²) >= 11 is 0. The lowest BCUT2D eigenvalue weighted by Gasteiger charge is -2.18. The molecule has 16 heavy (non-hydrogen) atoms. The van der Waals surface area contributed by atoms with E-state index in [9.17, 15) is 4.39 Å². The van der Waals surface area contributed by atoms with Gasteiger partial charge in [-0.25, -0.2) is 4.39 Å². The Bertz CT molecular complexity index is 313. The first-order valence-corrected chi connectivity index (χ1v) is 6.38. The van der Waals surface area contributed by atoms with Crippen LogP contribution in [0.2, 0.25) is 0 Å². The quantitative estimate of drug-likeness (QED) is 0.575. The largest absolute Gasteiger partial charge is 0.207 e. The van der Waals surface area contributed by atoms with Crippen LogP contribution in [-0.2, 0) is 11.8 Å². The van der Waals surface area contributed by atoms with Crippen LogP contribution in [0.4, 0.5) is 4.39 Å². The van der Waals surface area contributed by atoms with Gasteiger partial charge in [-0.3, -0.25) is 0 Å². The van der Waals surface area contributed by atoms with Gasteiger partial charge in [-0.05, 0) is 41.5 Å². The second kappa shape index (κ2) is 6.67. The molecule has 0 saturated heterocycles. The first-order chi connectivity index (χ1) is 7.59. The van der Waals surface area contributed by atoms with Crippen molar-refractivity contribution in [3.8, 4) is 0 Å². The van der Waals surface area contributed by atoms with E-state index in [0.29, 0.717) is 0 Å². The van der Waals surface area contributed by atoms with Gasteiger partial charge in [0.05, 0.1) is 0 Å². The van der Waals surface area contributed by atoms with Crippen LogP contribution in [0.25, 0.3) is 0 Å². The molecule has 1 heteroatoms. The van der Waals surface area contributed by atoms with Crippen LogP contribution in [0, 0.1) is 5.82 Å². The molecule has 0 saturated carbocycles. The molecule has 0 amide bonds. The summed E-state index contributed by atoms with van der Waals surface area (Å²) in [5, 5.41) is 0. The van der Waals surface area contributed by atoms with Crippen molar-refractivity contribution in [3.05, 3.63) is 35.1 Å². The molecule has 1 aliphatic rings. The fourth-order valence-corrected chi connectivity index (χ4v) is 2.01. The minimum absolute atomic E-state index is 0.105. The van der Waals surface area contributed by atoms with Gasteiger partial charge < -0.3 is 0 Å². The third-order valence-electron chi connectivity index (χ3n) is 2.82. The van der Waals surface area contributed by atoms with Gasteiger partial charge in [0.15, 0.2) is 0 Å². The predicted molar refractivity (Wildman–Crippen MR) is 70.4 cm³/mol. The van der Waals surface area contributed by atoms with E-state index in [0.717, 1.165) is 12.8 Å². The standard InChI is InChI=1S/C11H13F.2C2H6/c1-11(2)6-5-8-7-9(12)3-4-10(8)11;2*1-2/h3-4,7H,5-6H2,1-2H3;2*1-2H3. The molecular weight excluding hydrogens is 199 g/mol. The van der Waals surface area contributed by atoms with E-state index in [-0.39, 0.29) is 11.2 Å². The Hall–Kier alpha value is -0.850. The summed E-state index contributed by atoms with van der Waals surface area (Å²) in [4.78, 5) is 0. The molecule has 0 atom stereocenters. The highest BCUT2D eigenvalue weighted by atomic mass is 19.1. The van der Waals surface area contributed by atoms with Crippen LogP contribution in [-0.4, -0.2) is 0 Å². The first-order valence-electron chi connectivity index (χ1n) is 6.38. The number of halogens is 1. The monoisotopic (exact) mass is 224 g/mol. The maximum atomic E-state index is 12.8. The predicted octanol–water partition coefficient (Wildman–Crippen LogP) is 5.10. The molecule has 1 aromatic carbocycles. The van der Waals surface area contributed by atoms with Crippen molar-refractivity contribution in [2.75, 3.05) is 0 Å². The van der Waals surface area contributed by atoms with E-state index < -0.39 is 0 Å². The van der Waals surface area contributed by atoms with E-state index in [4.69, 9.17) is 0 Å². The molecule has 0 aromatic heterocycles. The number of hydrogen-bond donors (Lipinski definition) is 0. The Morgan fingerprint density at radius 1 is 1.06 bits per heavy atom. The third-order valence-corrected chi connectivity index (χ3v) is 2.82. The highest BCUT2D eigenvalue weighted by Crippen LogP contribution is 2.38. The lowest BCUT2D eigenvalue weighted by atomic mass is 9.87. The maximum absolute atomic E-state index is 12.8. The minimum atomic E-state index is -0.105. The van der Waals surface area contributed by atoms with Crippen molar-refractivity contribution < 1.29 is 4.39 Å². The zero-order chi connectivity index (χ0) is 12.8. The Morgan fingerprint density at radius 3 is 2.19 bits per heavy atom. The van der Waals surface area contributed by atoms with Crippen LogP contribution < -0.4 is 0 Å². The molecule has 0 fully saturated rings. The topological polar surface area (TPSA) is 0 Å². The maximum Gasteiger partial charge on any atom is 0.123 e. The first kappa shape index (κ1) is 15.2. The molecule has 0 aliphatic heterocycles. The van der Waals surface area contributed by atoms with Crippen LogP contribution in [0.1, 0.15) is 59.1 Å². The van der Waals surface area contributed by atoms with Gasteiger partial charge in [-0.2, -0.15) is 0 Å². The van der Waals surface area contributed by atoms with Crippen molar-refractivity contribution in [1.82, 2.24) is 0 Å². The summed E-state index contributed by atoms with van der Waals surface area (Å²) in [6, 6.07) is 5.16. The molecule has 92 valence electrons. The molecule has 0 bridgehead atoms. The molecule has 1 aliphatic carbocycles. The number of rotatable bonds is 0. The van der Waals surface area contributed by atoms with Gasteiger partial charge in [0, 0.05) is 0 Å². The minimum Gasteiger partial charge on any atom is -0.207 e. The van der Waals surface area contributed by atoms with Crippen molar-refractivity contribution in [3.63, 3.8) is 0 Å². The molecular formula is C15H25F. The zero-order valence-electron chi connectivity index (χ0n) is 11.5. The van der Waals surface area contributed by atoms with Gasteiger partial charge in [-0.1, -0.05) is 47.6 Å². The second-order valence-corrected chi connectivity index (χ2v) is 4.19. The van der Waals surface area contributed by atoms with Crippen LogP contribution in [0.3, 0.4) is 0 Å². The Labute approximate surface area is 99.9 Å². The van der Waals surface area contributed by atoms with Gasteiger partial charge >= 0.3 is 0 Å². The lowest BCUT2D eigenvalue weighted by molar-refractivity contribution is 0.522. The van der Waals surface area contributed by atoms with Crippen LogP contribution >= 0.6 is 0 Å². The summed E-state index contributed by atoms with van der Waals surface area (Å²) < 4.78 is 12.8. The van der Waals surface area contributed by atoms with E-state index in [1.165, 1.54) is 11.1 Å².